The Morgan fingerprint density at radius 3 is 1.59 bits per heavy atom. The van der Waals surface area contributed by atoms with Crippen molar-refractivity contribution >= 4 is 26.2 Å². The van der Waals surface area contributed by atoms with Gasteiger partial charge in [-0.05, 0) is 19.3 Å². The Balaban J connectivity index is 3.24. The van der Waals surface area contributed by atoms with Crippen LogP contribution < -0.4 is 0 Å². The standard InChI is InChI=1S/C7H11O8S2/c8-7(9)6-4(16(10,11)12)2-1-3-5(6)17(13,14)15/h1,4-6H,2-3H2,(H,8,9)(H,10,11,12)(H,13,14,15). The molecule has 10 heteroatoms. The van der Waals surface area contributed by atoms with Crippen LogP contribution in [0.3, 0.4) is 0 Å². The Bertz CT molecular complexity index is 464. The predicted molar refractivity (Wildman–Crippen MR) is 55.3 cm³/mol. The monoisotopic (exact) mass is 287 g/mol. The highest BCUT2D eigenvalue weighted by atomic mass is 32.2. The van der Waals surface area contributed by atoms with Gasteiger partial charge in [0.25, 0.3) is 20.2 Å². The molecule has 17 heavy (non-hydrogen) atoms. The van der Waals surface area contributed by atoms with Gasteiger partial charge in [0.1, 0.15) is 10.5 Å². The van der Waals surface area contributed by atoms with Gasteiger partial charge >= 0.3 is 5.97 Å². The van der Waals surface area contributed by atoms with E-state index in [0.29, 0.717) is 0 Å². The van der Waals surface area contributed by atoms with Crippen LogP contribution >= 0.6 is 0 Å². The molecule has 0 bridgehead atoms. The van der Waals surface area contributed by atoms with E-state index in [1.165, 1.54) is 6.42 Å². The number of rotatable bonds is 3. The van der Waals surface area contributed by atoms with Crippen LogP contribution in [0.1, 0.15) is 12.8 Å². The zero-order valence-corrected chi connectivity index (χ0v) is 10.1. The van der Waals surface area contributed by atoms with Crippen LogP contribution in [-0.2, 0) is 25.0 Å². The summed E-state index contributed by atoms with van der Waals surface area (Å²) >= 11 is 0. The molecule has 0 saturated heterocycles. The van der Waals surface area contributed by atoms with Gasteiger partial charge in [0.05, 0.1) is 5.92 Å². The number of aliphatic carboxylic acids is 1. The molecule has 0 aliphatic heterocycles. The predicted octanol–water partition coefficient (Wildman–Crippen LogP) is -0.802. The van der Waals surface area contributed by atoms with Crippen molar-refractivity contribution in [2.75, 3.05) is 0 Å². The Labute approximate surface area is 98.1 Å². The van der Waals surface area contributed by atoms with Crippen molar-refractivity contribution in [1.82, 2.24) is 0 Å². The van der Waals surface area contributed by atoms with Gasteiger partial charge in [-0.1, -0.05) is 0 Å². The third-order valence-corrected chi connectivity index (χ3v) is 5.15. The van der Waals surface area contributed by atoms with E-state index >= 15 is 0 Å². The van der Waals surface area contributed by atoms with Gasteiger partial charge in [-0.15, -0.1) is 0 Å². The third-order valence-electron chi connectivity index (χ3n) is 2.65. The second-order valence-corrected chi connectivity index (χ2v) is 7.00. The van der Waals surface area contributed by atoms with Crippen LogP contribution in [0.5, 0.6) is 0 Å². The first-order valence-corrected chi connectivity index (χ1v) is 7.53. The summed E-state index contributed by atoms with van der Waals surface area (Å²) in [5, 5.41) is 5.31. The van der Waals surface area contributed by atoms with Gasteiger partial charge in [-0.2, -0.15) is 16.8 Å². The minimum Gasteiger partial charge on any atom is -0.481 e. The fourth-order valence-electron chi connectivity index (χ4n) is 1.89. The van der Waals surface area contributed by atoms with E-state index in [1.807, 2.05) is 0 Å². The molecule has 3 N–H and O–H groups in total. The number of carbonyl (C=O) groups is 1. The normalized spacial score (nSPS) is 31.1. The van der Waals surface area contributed by atoms with Crippen LogP contribution in [0, 0.1) is 12.3 Å². The molecule has 1 saturated carbocycles. The molecular formula is C7H11O8S2. The highest BCUT2D eigenvalue weighted by Gasteiger charge is 2.49. The summed E-state index contributed by atoms with van der Waals surface area (Å²) in [5.41, 5.74) is 0. The van der Waals surface area contributed by atoms with E-state index in [0.717, 1.165) is 0 Å². The molecule has 2 unspecified atom stereocenters. The number of carboxylic acids is 1. The van der Waals surface area contributed by atoms with E-state index in [4.69, 9.17) is 14.2 Å². The molecule has 1 aliphatic rings. The zero-order chi connectivity index (χ0) is 13.4. The molecule has 1 radical (unpaired) electrons. The Kier molecular flexibility index (Phi) is 3.81. The summed E-state index contributed by atoms with van der Waals surface area (Å²) in [6.07, 6.45) is 0.667. The molecule has 0 aromatic heterocycles. The van der Waals surface area contributed by atoms with Crippen molar-refractivity contribution < 1.29 is 35.8 Å². The van der Waals surface area contributed by atoms with Crippen molar-refractivity contribution in [3.8, 4) is 0 Å². The average Bonchev–Trinajstić information content (AvgIpc) is 2.13. The van der Waals surface area contributed by atoms with E-state index in [-0.39, 0.29) is 12.8 Å². The van der Waals surface area contributed by atoms with Gasteiger partial charge in [-0.3, -0.25) is 13.9 Å². The largest absolute Gasteiger partial charge is 0.481 e. The summed E-state index contributed by atoms with van der Waals surface area (Å²) in [6, 6.07) is 0. The lowest BCUT2D eigenvalue weighted by molar-refractivity contribution is -0.142. The smallest absolute Gasteiger partial charge is 0.309 e. The van der Waals surface area contributed by atoms with Crippen molar-refractivity contribution in [1.29, 1.82) is 0 Å². The Morgan fingerprint density at radius 1 is 1.00 bits per heavy atom. The SMILES string of the molecule is O=C(O)C1C(S(=O)(=O)O)C[CH]CC1S(=O)(=O)O. The van der Waals surface area contributed by atoms with Gasteiger partial charge in [-0.25, -0.2) is 0 Å². The lowest BCUT2D eigenvalue weighted by atomic mass is 9.88. The van der Waals surface area contributed by atoms with Gasteiger partial charge < -0.3 is 5.11 Å². The van der Waals surface area contributed by atoms with Gasteiger partial charge in [0, 0.05) is 0 Å². The molecule has 0 heterocycles. The lowest BCUT2D eigenvalue weighted by Gasteiger charge is -2.31. The minimum atomic E-state index is -4.70. The van der Waals surface area contributed by atoms with Crippen molar-refractivity contribution in [3.63, 3.8) is 0 Å². The maximum atomic E-state index is 11.0. The molecule has 1 fully saturated rings. The molecule has 0 aromatic rings. The topological polar surface area (TPSA) is 146 Å². The van der Waals surface area contributed by atoms with Crippen LogP contribution in [0.15, 0.2) is 0 Å². The first-order valence-electron chi connectivity index (χ1n) is 4.52. The summed E-state index contributed by atoms with van der Waals surface area (Å²) in [7, 11) is -9.40. The molecule has 0 aromatic carbocycles. The van der Waals surface area contributed by atoms with Crippen molar-refractivity contribution in [2.24, 2.45) is 5.92 Å². The Morgan fingerprint density at radius 2 is 1.35 bits per heavy atom. The summed E-state index contributed by atoms with van der Waals surface area (Å²) in [5.74, 6) is -3.58. The van der Waals surface area contributed by atoms with E-state index in [9.17, 15) is 21.6 Å². The zero-order valence-electron chi connectivity index (χ0n) is 8.42. The molecule has 2 atom stereocenters. The third kappa shape index (κ3) is 3.15. The molecule has 0 amide bonds. The number of carboxylic acid groups (broad SMARTS) is 1. The maximum Gasteiger partial charge on any atom is 0.309 e. The second kappa shape index (κ2) is 4.52. The van der Waals surface area contributed by atoms with E-state index < -0.39 is 42.6 Å². The summed E-state index contributed by atoms with van der Waals surface area (Å²) in [4.78, 5) is 10.9. The molecule has 1 aliphatic carbocycles. The lowest BCUT2D eigenvalue weighted by Crippen LogP contribution is -2.48. The van der Waals surface area contributed by atoms with Crippen LogP contribution in [-0.4, -0.2) is 47.5 Å². The number of hydrogen-bond donors (Lipinski definition) is 3. The van der Waals surface area contributed by atoms with Crippen molar-refractivity contribution in [3.05, 3.63) is 6.42 Å². The van der Waals surface area contributed by atoms with Gasteiger partial charge in [0.2, 0.25) is 0 Å². The Hall–Kier alpha value is -0.710. The first kappa shape index (κ1) is 14.4. The van der Waals surface area contributed by atoms with Crippen LogP contribution in [0.4, 0.5) is 0 Å². The highest BCUT2D eigenvalue weighted by molar-refractivity contribution is 7.87. The summed E-state index contributed by atoms with van der Waals surface area (Å²) in [6.45, 7) is 0. The van der Waals surface area contributed by atoms with Crippen LogP contribution in [0.25, 0.3) is 0 Å². The molecule has 1 rings (SSSR count). The van der Waals surface area contributed by atoms with E-state index in [2.05, 4.69) is 0 Å². The van der Waals surface area contributed by atoms with Crippen molar-refractivity contribution in [2.45, 2.75) is 23.3 Å². The molecule has 8 nitrogen and oxygen atoms in total. The molecular weight excluding hydrogens is 276 g/mol. The maximum absolute atomic E-state index is 11.0. The average molecular weight is 287 g/mol. The highest BCUT2D eigenvalue weighted by Crippen LogP contribution is 2.33. The quantitative estimate of drug-likeness (QED) is 0.571. The minimum absolute atomic E-state index is 0.276. The van der Waals surface area contributed by atoms with E-state index in [1.54, 1.807) is 0 Å². The fraction of sp³-hybridized carbons (Fsp3) is 0.714. The first-order chi connectivity index (χ1) is 7.55. The number of hydrogen-bond acceptors (Lipinski definition) is 5. The molecule has 0 spiro atoms. The second-order valence-electron chi connectivity index (χ2n) is 3.73. The van der Waals surface area contributed by atoms with Crippen LogP contribution in [0.2, 0.25) is 0 Å². The van der Waals surface area contributed by atoms with Gasteiger partial charge in [0.15, 0.2) is 0 Å². The summed E-state index contributed by atoms with van der Waals surface area (Å²) < 4.78 is 61.6. The molecule has 99 valence electrons. The fourth-order valence-corrected chi connectivity index (χ4v) is 4.10.